The lowest BCUT2D eigenvalue weighted by atomic mass is 10.2. The number of rotatable bonds is 6. The lowest BCUT2D eigenvalue weighted by Crippen LogP contribution is -2.36. The molecule has 0 bridgehead atoms. The zero-order chi connectivity index (χ0) is 15.9. The molecule has 0 saturated carbocycles. The topological polar surface area (TPSA) is 47.6 Å². The van der Waals surface area contributed by atoms with Gasteiger partial charge in [-0.15, -0.1) is 0 Å². The molecule has 0 saturated heterocycles. The van der Waals surface area contributed by atoms with Crippen molar-refractivity contribution in [2.24, 2.45) is 0 Å². The van der Waals surface area contributed by atoms with Crippen molar-refractivity contribution in [3.8, 4) is 11.5 Å². The summed E-state index contributed by atoms with van der Waals surface area (Å²) in [6.07, 6.45) is -0.695. The number of hydrogen-bond donors (Lipinski definition) is 1. The summed E-state index contributed by atoms with van der Waals surface area (Å²) >= 11 is 0. The summed E-state index contributed by atoms with van der Waals surface area (Å²) in [5.74, 6) is 0.527. The van der Waals surface area contributed by atoms with Crippen molar-refractivity contribution in [2.75, 3.05) is 7.11 Å². The Morgan fingerprint density at radius 1 is 1.18 bits per heavy atom. The second-order valence-corrected chi connectivity index (χ2v) is 4.75. The van der Waals surface area contributed by atoms with E-state index in [9.17, 15) is 9.18 Å². The van der Waals surface area contributed by atoms with Crippen molar-refractivity contribution >= 4 is 5.91 Å². The van der Waals surface area contributed by atoms with E-state index in [-0.39, 0.29) is 18.3 Å². The lowest BCUT2D eigenvalue weighted by molar-refractivity contribution is -0.127. The van der Waals surface area contributed by atoms with Crippen LogP contribution >= 0.6 is 0 Å². The molecule has 0 spiro atoms. The maximum atomic E-state index is 13.5. The van der Waals surface area contributed by atoms with Gasteiger partial charge in [0.25, 0.3) is 5.91 Å². The smallest absolute Gasteiger partial charge is 0.261 e. The van der Waals surface area contributed by atoms with Gasteiger partial charge >= 0.3 is 0 Å². The maximum Gasteiger partial charge on any atom is 0.261 e. The van der Waals surface area contributed by atoms with Gasteiger partial charge in [-0.05, 0) is 25.1 Å². The van der Waals surface area contributed by atoms with Gasteiger partial charge in [0.1, 0.15) is 17.3 Å². The monoisotopic (exact) mass is 303 g/mol. The first-order valence-corrected chi connectivity index (χ1v) is 6.92. The Bertz CT molecular complexity index is 645. The summed E-state index contributed by atoms with van der Waals surface area (Å²) in [6, 6.07) is 13.3. The summed E-state index contributed by atoms with van der Waals surface area (Å²) < 4.78 is 24.1. The molecule has 1 amide bonds. The van der Waals surface area contributed by atoms with Gasteiger partial charge < -0.3 is 14.8 Å². The first-order chi connectivity index (χ1) is 10.6. The van der Waals surface area contributed by atoms with Crippen LogP contribution in [0, 0.1) is 5.82 Å². The van der Waals surface area contributed by atoms with E-state index in [1.165, 1.54) is 6.07 Å². The summed E-state index contributed by atoms with van der Waals surface area (Å²) in [5, 5.41) is 2.65. The van der Waals surface area contributed by atoms with E-state index in [4.69, 9.17) is 9.47 Å². The molecule has 1 N–H and O–H groups in total. The van der Waals surface area contributed by atoms with E-state index >= 15 is 0 Å². The highest BCUT2D eigenvalue weighted by molar-refractivity contribution is 5.80. The van der Waals surface area contributed by atoms with Crippen LogP contribution in [0.3, 0.4) is 0 Å². The SMILES string of the molecule is COc1cccc(OC(C)C(=O)NCc2ccccc2F)c1. The number of methoxy groups -OCH3 is 1. The third-order valence-electron chi connectivity index (χ3n) is 3.13. The van der Waals surface area contributed by atoms with E-state index in [2.05, 4.69) is 5.32 Å². The Labute approximate surface area is 128 Å². The van der Waals surface area contributed by atoms with Crippen LogP contribution in [0.1, 0.15) is 12.5 Å². The summed E-state index contributed by atoms with van der Waals surface area (Å²) in [7, 11) is 1.56. The second-order valence-electron chi connectivity index (χ2n) is 4.75. The average molecular weight is 303 g/mol. The molecule has 0 aliphatic carbocycles. The molecule has 116 valence electrons. The fourth-order valence-electron chi connectivity index (χ4n) is 1.90. The predicted molar refractivity (Wildman–Crippen MR) is 81.3 cm³/mol. The largest absolute Gasteiger partial charge is 0.497 e. The van der Waals surface area contributed by atoms with Crippen LogP contribution in [0.25, 0.3) is 0 Å². The third-order valence-corrected chi connectivity index (χ3v) is 3.13. The minimum absolute atomic E-state index is 0.122. The summed E-state index contributed by atoms with van der Waals surface area (Å²) in [6.45, 7) is 1.76. The van der Waals surface area contributed by atoms with Gasteiger partial charge in [-0.25, -0.2) is 4.39 Å². The lowest BCUT2D eigenvalue weighted by Gasteiger charge is -2.15. The Balaban J connectivity index is 1.90. The van der Waals surface area contributed by atoms with Crippen LogP contribution in [0.2, 0.25) is 0 Å². The number of nitrogens with one attached hydrogen (secondary N) is 1. The minimum atomic E-state index is -0.695. The van der Waals surface area contributed by atoms with Crippen molar-refractivity contribution in [1.82, 2.24) is 5.32 Å². The maximum absolute atomic E-state index is 13.5. The Morgan fingerprint density at radius 2 is 1.91 bits per heavy atom. The Kier molecular flexibility index (Phi) is 5.36. The van der Waals surface area contributed by atoms with Gasteiger partial charge in [0, 0.05) is 18.2 Å². The van der Waals surface area contributed by atoms with Gasteiger partial charge in [-0.3, -0.25) is 4.79 Å². The molecule has 0 heterocycles. The molecule has 5 heteroatoms. The second kappa shape index (κ2) is 7.45. The van der Waals surface area contributed by atoms with Crippen molar-refractivity contribution in [3.63, 3.8) is 0 Å². The molecule has 0 radical (unpaired) electrons. The van der Waals surface area contributed by atoms with Crippen LogP contribution in [0.4, 0.5) is 4.39 Å². The van der Waals surface area contributed by atoms with Gasteiger partial charge in [0.15, 0.2) is 6.10 Å². The molecule has 4 nitrogen and oxygen atoms in total. The standard InChI is InChI=1S/C17H18FNO3/c1-12(22-15-8-5-7-14(10-15)21-2)17(20)19-11-13-6-3-4-9-16(13)18/h3-10,12H,11H2,1-2H3,(H,19,20). The molecule has 2 aromatic carbocycles. The highest BCUT2D eigenvalue weighted by Crippen LogP contribution is 2.20. The molecule has 1 unspecified atom stereocenters. The van der Waals surface area contributed by atoms with Gasteiger partial charge in [-0.1, -0.05) is 24.3 Å². The first-order valence-electron chi connectivity index (χ1n) is 6.92. The van der Waals surface area contributed by atoms with E-state index in [1.54, 1.807) is 56.5 Å². The van der Waals surface area contributed by atoms with E-state index < -0.39 is 6.10 Å². The Hall–Kier alpha value is -2.56. The number of halogens is 1. The fraction of sp³-hybridized carbons (Fsp3) is 0.235. The van der Waals surface area contributed by atoms with E-state index in [1.807, 2.05) is 0 Å². The highest BCUT2D eigenvalue weighted by atomic mass is 19.1. The molecular formula is C17H18FNO3. The molecule has 2 aromatic rings. The normalized spacial score (nSPS) is 11.6. The van der Waals surface area contributed by atoms with Crippen LogP contribution in [-0.2, 0) is 11.3 Å². The van der Waals surface area contributed by atoms with Crippen LogP contribution in [-0.4, -0.2) is 19.1 Å². The molecule has 0 aliphatic heterocycles. The van der Waals surface area contributed by atoms with Crippen molar-refractivity contribution in [3.05, 3.63) is 59.9 Å². The molecule has 2 rings (SSSR count). The predicted octanol–water partition coefficient (Wildman–Crippen LogP) is 2.92. The van der Waals surface area contributed by atoms with Gasteiger partial charge in [0.2, 0.25) is 0 Å². The zero-order valence-corrected chi connectivity index (χ0v) is 12.5. The van der Waals surface area contributed by atoms with Gasteiger partial charge in [0.05, 0.1) is 7.11 Å². The van der Waals surface area contributed by atoms with E-state index in [0.717, 1.165) is 0 Å². The number of hydrogen-bond acceptors (Lipinski definition) is 3. The van der Waals surface area contributed by atoms with Crippen LogP contribution in [0.15, 0.2) is 48.5 Å². The van der Waals surface area contributed by atoms with Gasteiger partial charge in [-0.2, -0.15) is 0 Å². The highest BCUT2D eigenvalue weighted by Gasteiger charge is 2.15. The Morgan fingerprint density at radius 3 is 2.64 bits per heavy atom. The van der Waals surface area contributed by atoms with Crippen molar-refractivity contribution < 1.29 is 18.7 Å². The van der Waals surface area contributed by atoms with E-state index in [0.29, 0.717) is 17.1 Å². The summed E-state index contributed by atoms with van der Waals surface area (Å²) in [4.78, 5) is 12.0. The molecule has 0 fully saturated rings. The van der Waals surface area contributed by atoms with Crippen molar-refractivity contribution in [1.29, 1.82) is 0 Å². The molecule has 22 heavy (non-hydrogen) atoms. The average Bonchev–Trinajstić information content (AvgIpc) is 2.54. The number of carbonyl (C=O) groups excluding carboxylic acids is 1. The molecule has 1 atom stereocenters. The number of benzene rings is 2. The quantitative estimate of drug-likeness (QED) is 0.892. The zero-order valence-electron chi connectivity index (χ0n) is 12.5. The summed E-state index contributed by atoms with van der Waals surface area (Å²) in [5.41, 5.74) is 0.435. The number of amides is 1. The molecule has 0 aliphatic rings. The van der Waals surface area contributed by atoms with Crippen molar-refractivity contribution in [2.45, 2.75) is 19.6 Å². The van der Waals surface area contributed by atoms with Crippen LogP contribution < -0.4 is 14.8 Å². The third kappa shape index (κ3) is 4.22. The van der Waals surface area contributed by atoms with Crippen LogP contribution in [0.5, 0.6) is 11.5 Å². The number of ether oxygens (including phenoxy) is 2. The fourth-order valence-corrected chi connectivity index (χ4v) is 1.90. The first kappa shape index (κ1) is 15.8. The molecule has 0 aromatic heterocycles. The molecular weight excluding hydrogens is 285 g/mol. The number of carbonyl (C=O) groups is 1. The minimum Gasteiger partial charge on any atom is -0.497 e.